The molecular formula is C18H20N4O3S2. The second kappa shape index (κ2) is 7.05. The molecule has 7 nitrogen and oxygen atoms in total. The fourth-order valence-electron chi connectivity index (χ4n) is 3.39. The summed E-state index contributed by atoms with van der Waals surface area (Å²) in [5, 5.41) is 5.20. The maximum Gasteiger partial charge on any atom is 0.232 e. The molecule has 0 fully saturated rings. The van der Waals surface area contributed by atoms with E-state index in [0.717, 1.165) is 33.5 Å². The van der Waals surface area contributed by atoms with Crippen LogP contribution in [0.2, 0.25) is 0 Å². The smallest absolute Gasteiger partial charge is 0.232 e. The van der Waals surface area contributed by atoms with Crippen molar-refractivity contribution in [3.05, 3.63) is 53.5 Å². The molecule has 2 aliphatic rings. The molecule has 1 atom stereocenters. The summed E-state index contributed by atoms with van der Waals surface area (Å²) >= 11 is 1.59. The molecule has 9 heteroatoms. The van der Waals surface area contributed by atoms with Crippen LogP contribution in [0.4, 0.5) is 5.69 Å². The number of hydrogen-bond acceptors (Lipinski definition) is 6. The molecule has 142 valence electrons. The van der Waals surface area contributed by atoms with E-state index in [1.165, 1.54) is 10.6 Å². The summed E-state index contributed by atoms with van der Waals surface area (Å²) in [5.41, 5.74) is 6.72. The lowest BCUT2D eigenvalue weighted by molar-refractivity contribution is 0.512. The predicted octanol–water partition coefficient (Wildman–Crippen LogP) is 2.59. The zero-order valence-electron chi connectivity index (χ0n) is 15.0. The number of thioether (sulfide) groups is 1. The molecule has 2 aromatic rings. The second-order valence-corrected chi connectivity index (χ2v) is 9.44. The molecule has 0 saturated carbocycles. The van der Waals surface area contributed by atoms with E-state index in [1.54, 1.807) is 18.0 Å². The summed E-state index contributed by atoms with van der Waals surface area (Å²) in [7, 11) is -3.27. The van der Waals surface area contributed by atoms with E-state index in [0.29, 0.717) is 18.7 Å². The van der Waals surface area contributed by atoms with Gasteiger partial charge in [-0.25, -0.2) is 8.42 Å². The molecule has 1 aromatic carbocycles. The number of anilines is 1. The number of nitrogens with zero attached hydrogens (tertiary/aromatic N) is 3. The summed E-state index contributed by atoms with van der Waals surface area (Å²) < 4.78 is 30.9. The van der Waals surface area contributed by atoms with Gasteiger partial charge in [0.25, 0.3) is 0 Å². The third-order valence-electron chi connectivity index (χ3n) is 4.51. The van der Waals surface area contributed by atoms with Crippen LogP contribution in [0, 0.1) is 0 Å². The van der Waals surface area contributed by atoms with Crippen LogP contribution >= 0.6 is 11.8 Å². The maximum atomic E-state index is 12.0. The van der Waals surface area contributed by atoms with E-state index in [4.69, 9.17) is 4.42 Å². The first-order valence-corrected chi connectivity index (χ1v) is 11.4. The molecule has 0 spiro atoms. The monoisotopic (exact) mass is 404 g/mol. The zero-order chi connectivity index (χ0) is 19.0. The van der Waals surface area contributed by atoms with Crippen molar-refractivity contribution in [2.24, 2.45) is 10.1 Å². The van der Waals surface area contributed by atoms with E-state index in [-0.39, 0.29) is 6.04 Å². The van der Waals surface area contributed by atoms with Gasteiger partial charge in [0.05, 0.1) is 30.5 Å². The molecular weight excluding hydrogens is 384 g/mol. The number of benzene rings is 1. The normalized spacial score (nSPS) is 21.1. The number of amidine groups is 1. The van der Waals surface area contributed by atoms with Gasteiger partial charge in [-0.2, -0.15) is 5.10 Å². The van der Waals surface area contributed by atoms with Crippen LogP contribution in [0.1, 0.15) is 23.8 Å². The van der Waals surface area contributed by atoms with Gasteiger partial charge in [-0.15, -0.1) is 0 Å². The van der Waals surface area contributed by atoms with Gasteiger partial charge in [0, 0.05) is 11.8 Å². The van der Waals surface area contributed by atoms with Gasteiger partial charge in [-0.3, -0.25) is 14.7 Å². The van der Waals surface area contributed by atoms with Gasteiger partial charge in [0.15, 0.2) is 5.17 Å². The molecule has 0 amide bonds. The Morgan fingerprint density at radius 3 is 2.93 bits per heavy atom. The Bertz CT molecular complexity index is 1010. The molecule has 0 aliphatic carbocycles. The van der Waals surface area contributed by atoms with Gasteiger partial charge in [-0.1, -0.05) is 17.8 Å². The van der Waals surface area contributed by atoms with Crippen molar-refractivity contribution in [2.75, 3.05) is 16.3 Å². The van der Waals surface area contributed by atoms with Crippen molar-refractivity contribution in [1.82, 2.24) is 5.43 Å². The van der Waals surface area contributed by atoms with Gasteiger partial charge >= 0.3 is 0 Å². The number of furan rings is 1. The third kappa shape index (κ3) is 3.74. The van der Waals surface area contributed by atoms with Crippen LogP contribution in [0.15, 0.2) is 51.1 Å². The van der Waals surface area contributed by atoms with E-state index in [2.05, 4.69) is 15.5 Å². The number of nitrogens with one attached hydrogen (secondary N) is 1. The van der Waals surface area contributed by atoms with E-state index in [1.807, 2.05) is 37.3 Å². The standard InChI is InChI=1S/C18H20N4O3S2/c1-12-8-14-9-13(5-6-17(14)22(12)27(2,23)24)16-11-26-18(21-20-16)19-10-15-4-3-7-25-15/h3-7,9,12H,8,10-11H2,1-2H3,(H,19,21)/t12-/m0/s1. The minimum atomic E-state index is -3.27. The van der Waals surface area contributed by atoms with Crippen molar-refractivity contribution in [2.45, 2.75) is 25.9 Å². The second-order valence-electron chi connectivity index (χ2n) is 6.62. The highest BCUT2D eigenvalue weighted by molar-refractivity contribution is 8.14. The van der Waals surface area contributed by atoms with Crippen molar-refractivity contribution in [1.29, 1.82) is 0 Å². The molecule has 3 heterocycles. The summed E-state index contributed by atoms with van der Waals surface area (Å²) in [5.74, 6) is 1.51. The largest absolute Gasteiger partial charge is 0.467 e. The number of fused-ring (bicyclic) bond motifs is 1. The van der Waals surface area contributed by atoms with Crippen LogP contribution < -0.4 is 9.73 Å². The minimum Gasteiger partial charge on any atom is -0.467 e. The van der Waals surface area contributed by atoms with Gasteiger partial charge < -0.3 is 4.42 Å². The van der Waals surface area contributed by atoms with Crippen molar-refractivity contribution in [3.8, 4) is 0 Å². The fraction of sp³-hybridized carbons (Fsp3) is 0.333. The molecule has 0 unspecified atom stereocenters. The molecule has 4 rings (SSSR count). The van der Waals surface area contributed by atoms with E-state index >= 15 is 0 Å². The van der Waals surface area contributed by atoms with Gasteiger partial charge in [0.1, 0.15) is 5.76 Å². The average molecular weight is 405 g/mol. The first kappa shape index (κ1) is 18.1. The number of aliphatic imine (C=N–C) groups is 1. The van der Waals surface area contributed by atoms with Crippen LogP contribution in [0.25, 0.3) is 0 Å². The first-order valence-electron chi connectivity index (χ1n) is 8.57. The SMILES string of the molecule is C[C@H]1Cc2cc(C3=NNC(=NCc4ccco4)SC3)ccc2N1S(C)(=O)=O. The highest BCUT2D eigenvalue weighted by Gasteiger charge is 2.32. The fourth-order valence-corrected chi connectivity index (χ4v) is 5.42. The highest BCUT2D eigenvalue weighted by Crippen LogP contribution is 2.35. The lowest BCUT2D eigenvalue weighted by atomic mass is 10.0. The Labute approximate surface area is 162 Å². The Morgan fingerprint density at radius 2 is 2.26 bits per heavy atom. The Balaban J connectivity index is 1.51. The van der Waals surface area contributed by atoms with Crippen molar-refractivity contribution < 1.29 is 12.8 Å². The Hall–Kier alpha value is -2.26. The van der Waals surface area contributed by atoms with Crippen LogP contribution in [0.5, 0.6) is 0 Å². The van der Waals surface area contributed by atoms with Crippen molar-refractivity contribution in [3.63, 3.8) is 0 Å². The zero-order valence-corrected chi connectivity index (χ0v) is 16.7. The summed E-state index contributed by atoms with van der Waals surface area (Å²) in [4.78, 5) is 4.45. The predicted molar refractivity (Wildman–Crippen MR) is 109 cm³/mol. The van der Waals surface area contributed by atoms with Crippen LogP contribution in [-0.2, 0) is 23.0 Å². The van der Waals surface area contributed by atoms with Gasteiger partial charge in [-0.05, 0) is 48.7 Å². The lowest BCUT2D eigenvalue weighted by Gasteiger charge is -2.22. The number of rotatable bonds is 4. The molecule has 27 heavy (non-hydrogen) atoms. The maximum absolute atomic E-state index is 12.0. The van der Waals surface area contributed by atoms with E-state index in [9.17, 15) is 8.42 Å². The number of sulfonamides is 1. The number of hydrazone groups is 1. The number of hydrogen-bond donors (Lipinski definition) is 1. The molecule has 2 aliphatic heterocycles. The highest BCUT2D eigenvalue weighted by atomic mass is 32.2. The molecule has 0 bridgehead atoms. The van der Waals surface area contributed by atoms with Gasteiger partial charge in [0.2, 0.25) is 10.0 Å². The molecule has 0 radical (unpaired) electrons. The average Bonchev–Trinajstić information content (AvgIpc) is 3.25. The lowest BCUT2D eigenvalue weighted by Crippen LogP contribution is -2.34. The van der Waals surface area contributed by atoms with Crippen molar-refractivity contribution >= 4 is 38.4 Å². The minimum absolute atomic E-state index is 0.0635. The van der Waals surface area contributed by atoms with Crippen LogP contribution in [0.3, 0.4) is 0 Å². The summed E-state index contributed by atoms with van der Waals surface area (Å²) in [6, 6.07) is 9.52. The Morgan fingerprint density at radius 1 is 1.41 bits per heavy atom. The first-order chi connectivity index (χ1) is 12.9. The third-order valence-corrected chi connectivity index (χ3v) is 6.70. The molecule has 1 aromatic heterocycles. The molecule has 1 N–H and O–H groups in total. The van der Waals surface area contributed by atoms with Crippen LogP contribution in [-0.4, -0.2) is 37.3 Å². The van der Waals surface area contributed by atoms with E-state index < -0.39 is 10.0 Å². The Kier molecular flexibility index (Phi) is 4.73. The summed E-state index contributed by atoms with van der Waals surface area (Å²) in [6.07, 6.45) is 3.59. The topological polar surface area (TPSA) is 87.3 Å². The summed E-state index contributed by atoms with van der Waals surface area (Å²) in [6.45, 7) is 2.41. The quantitative estimate of drug-likeness (QED) is 0.846. The molecule has 0 saturated heterocycles.